The monoisotopic (exact) mass is 465 g/mol. The molecule has 0 saturated heterocycles. The van der Waals surface area contributed by atoms with E-state index >= 15 is 0 Å². The number of ether oxygens (including phenoxy) is 1. The molecule has 0 spiro atoms. The van der Waals surface area contributed by atoms with Gasteiger partial charge in [0.1, 0.15) is 12.3 Å². The zero-order chi connectivity index (χ0) is 23.8. The molecule has 1 N–H and O–H groups in total. The lowest BCUT2D eigenvalue weighted by atomic mass is 10.0. The molecule has 3 aromatic rings. The number of nitrogens with one attached hydrogen (secondary N) is 1. The van der Waals surface area contributed by atoms with Gasteiger partial charge in [0.05, 0.1) is 23.9 Å². The van der Waals surface area contributed by atoms with Gasteiger partial charge in [-0.3, -0.25) is 9.10 Å². The topological polar surface area (TPSA) is 88.1 Å². The fraction of sp³-hybridized carbons (Fsp3) is 0.200. The number of sulfonamides is 1. The summed E-state index contributed by atoms with van der Waals surface area (Å²) < 4.78 is 33.1. The third-order valence-electron chi connectivity index (χ3n) is 5.00. The van der Waals surface area contributed by atoms with E-state index < -0.39 is 22.5 Å². The number of methoxy groups -OCH3 is 1. The maximum Gasteiger partial charge on any atom is 0.264 e. The van der Waals surface area contributed by atoms with Gasteiger partial charge in [-0.2, -0.15) is 5.10 Å². The highest BCUT2D eigenvalue weighted by Gasteiger charge is 2.27. The number of para-hydroxylation sites is 1. The van der Waals surface area contributed by atoms with Gasteiger partial charge in [0.2, 0.25) is 0 Å². The highest BCUT2D eigenvalue weighted by molar-refractivity contribution is 7.92. The van der Waals surface area contributed by atoms with Crippen LogP contribution in [0.1, 0.15) is 30.9 Å². The average molecular weight is 466 g/mol. The van der Waals surface area contributed by atoms with E-state index in [2.05, 4.69) is 24.4 Å². The summed E-state index contributed by atoms with van der Waals surface area (Å²) in [7, 11) is -2.43. The van der Waals surface area contributed by atoms with Crippen molar-refractivity contribution in [3.8, 4) is 5.75 Å². The molecule has 172 valence electrons. The second-order valence-electron chi connectivity index (χ2n) is 7.61. The standard InChI is InChI=1S/C25H27N3O4S/c1-19(2)20-13-15-22(16-14-20)28(33(30,31)23-10-5-4-6-11-23)18-25(29)27-26-17-21-9-7-8-12-24(21)32-3/h4-17,19H,18H2,1-3H3,(H,27,29). The lowest BCUT2D eigenvalue weighted by molar-refractivity contribution is -0.119. The summed E-state index contributed by atoms with van der Waals surface area (Å²) in [6.07, 6.45) is 1.45. The Morgan fingerprint density at radius 3 is 2.27 bits per heavy atom. The van der Waals surface area contributed by atoms with Crippen LogP contribution < -0.4 is 14.5 Å². The Hall–Kier alpha value is -3.65. The third-order valence-corrected chi connectivity index (χ3v) is 6.79. The number of carbonyl (C=O) groups excluding carboxylic acids is 1. The molecule has 0 bridgehead atoms. The van der Waals surface area contributed by atoms with Crippen LogP contribution in [-0.4, -0.2) is 34.2 Å². The fourth-order valence-corrected chi connectivity index (χ4v) is 4.61. The second kappa shape index (κ2) is 10.8. The summed E-state index contributed by atoms with van der Waals surface area (Å²) in [5.41, 5.74) is 4.55. The SMILES string of the molecule is COc1ccccc1C=NNC(=O)CN(c1ccc(C(C)C)cc1)S(=O)(=O)c1ccccc1. The van der Waals surface area contributed by atoms with Gasteiger partial charge in [-0.1, -0.05) is 56.3 Å². The summed E-state index contributed by atoms with van der Waals surface area (Å²) in [6.45, 7) is 3.68. The van der Waals surface area contributed by atoms with Crippen molar-refractivity contribution < 1.29 is 17.9 Å². The molecule has 1 amide bonds. The van der Waals surface area contributed by atoms with E-state index in [9.17, 15) is 13.2 Å². The number of carbonyl (C=O) groups is 1. The Bertz CT molecular complexity index is 1210. The number of hydrogen-bond donors (Lipinski definition) is 1. The molecule has 0 atom stereocenters. The van der Waals surface area contributed by atoms with Crippen LogP contribution in [0.3, 0.4) is 0 Å². The maximum absolute atomic E-state index is 13.4. The van der Waals surface area contributed by atoms with Gasteiger partial charge in [0, 0.05) is 5.56 Å². The van der Waals surface area contributed by atoms with Crippen molar-refractivity contribution >= 4 is 27.8 Å². The maximum atomic E-state index is 13.4. The van der Waals surface area contributed by atoms with Crippen LogP contribution in [0.15, 0.2) is 88.9 Å². The smallest absolute Gasteiger partial charge is 0.264 e. The first-order valence-corrected chi connectivity index (χ1v) is 11.9. The number of hydrazone groups is 1. The number of rotatable bonds is 9. The van der Waals surface area contributed by atoms with Crippen LogP contribution in [0.4, 0.5) is 5.69 Å². The van der Waals surface area contributed by atoms with Crippen molar-refractivity contribution in [3.05, 3.63) is 90.0 Å². The molecule has 0 fully saturated rings. The Morgan fingerprint density at radius 1 is 1.00 bits per heavy atom. The van der Waals surface area contributed by atoms with Crippen LogP contribution in [0, 0.1) is 0 Å². The molecule has 3 aromatic carbocycles. The summed E-state index contributed by atoms with van der Waals surface area (Å²) in [4.78, 5) is 12.8. The molecule has 0 aliphatic carbocycles. The number of anilines is 1. The predicted octanol–water partition coefficient (Wildman–Crippen LogP) is 4.16. The normalized spacial score (nSPS) is 11.5. The van der Waals surface area contributed by atoms with Crippen LogP contribution in [0.25, 0.3) is 0 Å². The van der Waals surface area contributed by atoms with E-state index in [1.54, 1.807) is 49.6 Å². The highest BCUT2D eigenvalue weighted by atomic mass is 32.2. The average Bonchev–Trinajstić information content (AvgIpc) is 2.83. The van der Waals surface area contributed by atoms with E-state index in [1.165, 1.54) is 18.3 Å². The van der Waals surface area contributed by atoms with Gasteiger partial charge in [-0.05, 0) is 47.9 Å². The van der Waals surface area contributed by atoms with Crippen molar-refractivity contribution in [2.24, 2.45) is 5.10 Å². The summed E-state index contributed by atoms with van der Waals surface area (Å²) in [5, 5.41) is 3.96. The van der Waals surface area contributed by atoms with E-state index in [4.69, 9.17) is 4.74 Å². The van der Waals surface area contributed by atoms with Gasteiger partial charge >= 0.3 is 0 Å². The molecule has 0 saturated carbocycles. The molecule has 3 rings (SSSR count). The highest BCUT2D eigenvalue weighted by Crippen LogP contribution is 2.25. The van der Waals surface area contributed by atoms with Crippen LogP contribution in [0.5, 0.6) is 5.75 Å². The van der Waals surface area contributed by atoms with Gasteiger partial charge in [-0.25, -0.2) is 13.8 Å². The summed E-state index contributed by atoms with van der Waals surface area (Å²) >= 11 is 0. The zero-order valence-electron chi connectivity index (χ0n) is 18.8. The van der Waals surface area contributed by atoms with E-state index in [-0.39, 0.29) is 4.90 Å². The van der Waals surface area contributed by atoms with E-state index in [1.807, 2.05) is 24.3 Å². The first-order valence-electron chi connectivity index (χ1n) is 10.5. The molecule has 7 nitrogen and oxygen atoms in total. The second-order valence-corrected chi connectivity index (χ2v) is 9.47. The lowest BCUT2D eigenvalue weighted by Gasteiger charge is -2.24. The molecule has 0 aliphatic heterocycles. The van der Waals surface area contributed by atoms with Gasteiger partial charge < -0.3 is 4.74 Å². The lowest BCUT2D eigenvalue weighted by Crippen LogP contribution is -2.39. The molecule has 0 unspecified atom stereocenters. The van der Waals surface area contributed by atoms with E-state index in [0.29, 0.717) is 22.9 Å². The fourth-order valence-electron chi connectivity index (χ4n) is 3.17. The van der Waals surface area contributed by atoms with Crippen molar-refractivity contribution in [2.75, 3.05) is 18.0 Å². The largest absolute Gasteiger partial charge is 0.496 e. The van der Waals surface area contributed by atoms with Crippen molar-refractivity contribution in [3.63, 3.8) is 0 Å². The summed E-state index contributed by atoms with van der Waals surface area (Å²) in [6, 6.07) is 22.4. The number of amides is 1. The zero-order valence-corrected chi connectivity index (χ0v) is 19.6. The molecular formula is C25H27N3O4S. The quantitative estimate of drug-likeness (QED) is 0.380. The Balaban J connectivity index is 1.85. The molecule has 0 radical (unpaired) electrons. The summed E-state index contributed by atoms with van der Waals surface area (Å²) in [5.74, 6) is 0.327. The minimum Gasteiger partial charge on any atom is -0.496 e. The van der Waals surface area contributed by atoms with Crippen molar-refractivity contribution in [1.82, 2.24) is 5.43 Å². The third kappa shape index (κ3) is 5.98. The number of nitrogens with zero attached hydrogens (tertiary/aromatic N) is 2. The first-order chi connectivity index (χ1) is 15.8. The van der Waals surface area contributed by atoms with Crippen molar-refractivity contribution in [1.29, 1.82) is 0 Å². The molecule has 33 heavy (non-hydrogen) atoms. The molecule has 8 heteroatoms. The predicted molar refractivity (Wildman–Crippen MR) is 130 cm³/mol. The Labute approximate surface area is 194 Å². The number of hydrogen-bond acceptors (Lipinski definition) is 5. The molecule has 0 heterocycles. The van der Waals surface area contributed by atoms with Crippen LogP contribution in [0.2, 0.25) is 0 Å². The minimum atomic E-state index is -3.97. The molecular weight excluding hydrogens is 438 g/mol. The first kappa shape index (κ1) is 24.0. The number of benzene rings is 3. The van der Waals surface area contributed by atoms with Crippen LogP contribution in [-0.2, 0) is 14.8 Å². The van der Waals surface area contributed by atoms with Crippen LogP contribution >= 0.6 is 0 Å². The van der Waals surface area contributed by atoms with Gasteiger partial charge in [0.25, 0.3) is 15.9 Å². The van der Waals surface area contributed by atoms with Gasteiger partial charge in [-0.15, -0.1) is 0 Å². The van der Waals surface area contributed by atoms with E-state index in [0.717, 1.165) is 9.87 Å². The van der Waals surface area contributed by atoms with Gasteiger partial charge in [0.15, 0.2) is 0 Å². The van der Waals surface area contributed by atoms with Crippen molar-refractivity contribution in [2.45, 2.75) is 24.7 Å². The minimum absolute atomic E-state index is 0.100. The molecule has 0 aliphatic rings. The Morgan fingerprint density at radius 2 is 1.64 bits per heavy atom. The Kier molecular flexibility index (Phi) is 7.84. The molecule has 0 aromatic heterocycles.